The van der Waals surface area contributed by atoms with Crippen LogP contribution in [0.4, 0.5) is 5.69 Å². The highest BCUT2D eigenvalue weighted by Crippen LogP contribution is 2.30. The first-order valence-corrected chi connectivity index (χ1v) is 9.35. The Morgan fingerprint density at radius 3 is 2.33 bits per heavy atom. The molecule has 2 aromatic rings. The van der Waals surface area contributed by atoms with Gasteiger partial charge in [0.2, 0.25) is 5.91 Å². The Labute approximate surface area is 161 Å². The number of carbonyl (C=O) groups is 2. The number of ether oxygens (including phenoxy) is 1. The largest absolute Gasteiger partial charge is 0.426 e. The number of rotatable bonds is 3. The molecule has 0 unspecified atom stereocenters. The van der Waals surface area contributed by atoms with Crippen molar-refractivity contribution in [2.24, 2.45) is 5.92 Å². The maximum atomic E-state index is 12.6. The summed E-state index contributed by atoms with van der Waals surface area (Å²) in [5.74, 6) is -0.308. The third-order valence-electron chi connectivity index (χ3n) is 5.04. The fourth-order valence-electron chi connectivity index (χ4n) is 3.43. The molecule has 1 saturated heterocycles. The summed E-state index contributed by atoms with van der Waals surface area (Å²) in [6, 6.07) is 13.6. The molecule has 0 bridgehead atoms. The Morgan fingerprint density at radius 1 is 1.07 bits per heavy atom. The summed E-state index contributed by atoms with van der Waals surface area (Å²) in [5, 5.41) is 0. The number of nitrogens with zero attached hydrogens (tertiary/aromatic N) is 1. The van der Waals surface area contributed by atoms with Crippen molar-refractivity contribution in [3.05, 3.63) is 59.2 Å². The first kappa shape index (κ1) is 19.2. The number of carbonyl (C=O) groups excluding carboxylic acids is 2. The smallest absolute Gasteiger partial charge is 0.316 e. The lowest BCUT2D eigenvalue weighted by molar-refractivity contribution is -0.139. The Morgan fingerprint density at radius 2 is 1.74 bits per heavy atom. The zero-order chi connectivity index (χ0) is 19.8. The second-order valence-corrected chi connectivity index (χ2v) is 8.39. The minimum Gasteiger partial charge on any atom is -0.426 e. The minimum atomic E-state index is -0.444. The van der Waals surface area contributed by atoms with Crippen molar-refractivity contribution < 1.29 is 14.3 Å². The van der Waals surface area contributed by atoms with E-state index in [0.29, 0.717) is 12.3 Å². The quantitative estimate of drug-likeness (QED) is 0.592. The van der Waals surface area contributed by atoms with Gasteiger partial charge >= 0.3 is 5.97 Å². The number of aryl methyl sites for hydroxylation is 2. The van der Waals surface area contributed by atoms with Crippen LogP contribution in [-0.2, 0) is 15.0 Å². The van der Waals surface area contributed by atoms with E-state index >= 15 is 0 Å². The standard InChI is InChI=1S/C23H27NO3/c1-15-6-11-20(16(2)12-15)24-14-17(13-21(24)25)22(26)27-19-9-7-18(8-10-19)23(3,4)5/h6-12,17H,13-14H2,1-5H3/t17-/m0/s1. The molecular weight excluding hydrogens is 338 g/mol. The molecule has 27 heavy (non-hydrogen) atoms. The number of hydrogen-bond donors (Lipinski definition) is 0. The maximum absolute atomic E-state index is 12.6. The number of hydrogen-bond acceptors (Lipinski definition) is 3. The van der Waals surface area contributed by atoms with Gasteiger partial charge in [0, 0.05) is 18.7 Å². The summed E-state index contributed by atoms with van der Waals surface area (Å²) >= 11 is 0. The first-order chi connectivity index (χ1) is 12.6. The number of esters is 1. The van der Waals surface area contributed by atoms with Gasteiger partial charge < -0.3 is 9.64 Å². The van der Waals surface area contributed by atoms with Gasteiger partial charge in [-0.05, 0) is 48.6 Å². The lowest BCUT2D eigenvalue weighted by Crippen LogP contribution is -2.27. The van der Waals surface area contributed by atoms with Crippen LogP contribution in [0, 0.1) is 19.8 Å². The molecule has 0 spiro atoms. The van der Waals surface area contributed by atoms with E-state index < -0.39 is 5.92 Å². The summed E-state index contributed by atoms with van der Waals surface area (Å²) in [5.41, 5.74) is 4.29. The van der Waals surface area contributed by atoms with Crippen molar-refractivity contribution in [3.8, 4) is 5.75 Å². The monoisotopic (exact) mass is 365 g/mol. The third kappa shape index (κ3) is 4.21. The molecule has 1 aliphatic heterocycles. The predicted octanol–water partition coefficient (Wildman–Crippen LogP) is 4.56. The van der Waals surface area contributed by atoms with Crippen molar-refractivity contribution in [2.75, 3.05) is 11.4 Å². The summed E-state index contributed by atoms with van der Waals surface area (Å²) in [6.45, 7) is 10.8. The van der Waals surface area contributed by atoms with E-state index in [0.717, 1.165) is 16.8 Å². The lowest BCUT2D eigenvalue weighted by atomic mass is 9.87. The zero-order valence-corrected chi connectivity index (χ0v) is 16.7. The van der Waals surface area contributed by atoms with E-state index in [1.54, 1.807) is 4.90 Å². The number of benzene rings is 2. The van der Waals surface area contributed by atoms with Crippen LogP contribution in [0.3, 0.4) is 0 Å². The van der Waals surface area contributed by atoms with Crippen LogP contribution in [0.5, 0.6) is 5.75 Å². The SMILES string of the molecule is Cc1ccc(N2C[C@@H](C(=O)Oc3ccc(C(C)(C)C)cc3)CC2=O)c(C)c1. The topological polar surface area (TPSA) is 46.6 Å². The van der Waals surface area contributed by atoms with Crippen molar-refractivity contribution in [1.29, 1.82) is 0 Å². The predicted molar refractivity (Wildman–Crippen MR) is 107 cm³/mol. The molecule has 4 nitrogen and oxygen atoms in total. The Balaban J connectivity index is 1.69. The van der Waals surface area contributed by atoms with Crippen LogP contribution < -0.4 is 9.64 Å². The molecule has 1 amide bonds. The van der Waals surface area contributed by atoms with Gasteiger partial charge in [-0.2, -0.15) is 0 Å². The second-order valence-electron chi connectivity index (χ2n) is 8.39. The molecule has 0 N–H and O–H groups in total. The summed E-state index contributed by atoms with van der Waals surface area (Å²) in [7, 11) is 0. The summed E-state index contributed by atoms with van der Waals surface area (Å²) in [6.07, 6.45) is 0.187. The zero-order valence-electron chi connectivity index (χ0n) is 16.7. The highest BCUT2D eigenvalue weighted by molar-refractivity contribution is 6.00. The van der Waals surface area contributed by atoms with Gasteiger partial charge in [0.15, 0.2) is 0 Å². The summed E-state index contributed by atoms with van der Waals surface area (Å²) < 4.78 is 5.53. The minimum absolute atomic E-state index is 0.0352. The van der Waals surface area contributed by atoms with Crippen LogP contribution in [0.1, 0.15) is 43.9 Å². The molecule has 2 aromatic carbocycles. The molecule has 1 aliphatic rings. The van der Waals surface area contributed by atoms with Gasteiger partial charge in [-0.1, -0.05) is 50.6 Å². The van der Waals surface area contributed by atoms with E-state index in [-0.39, 0.29) is 23.7 Å². The highest BCUT2D eigenvalue weighted by Gasteiger charge is 2.37. The van der Waals surface area contributed by atoms with E-state index in [1.807, 2.05) is 56.3 Å². The van der Waals surface area contributed by atoms with E-state index in [4.69, 9.17) is 4.74 Å². The van der Waals surface area contributed by atoms with E-state index in [1.165, 1.54) is 5.56 Å². The average Bonchev–Trinajstić information content (AvgIpc) is 2.96. The van der Waals surface area contributed by atoms with Gasteiger partial charge in [-0.3, -0.25) is 9.59 Å². The van der Waals surface area contributed by atoms with Crippen molar-refractivity contribution in [1.82, 2.24) is 0 Å². The number of anilines is 1. The molecule has 0 saturated carbocycles. The second kappa shape index (κ2) is 7.18. The van der Waals surface area contributed by atoms with Crippen molar-refractivity contribution >= 4 is 17.6 Å². The van der Waals surface area contributed by atoms with Gasteiger partial charge in [-0.25, -0.2) is 0 Å². The van der Waals surface area contributed by atoms with Gasteiger partial charge in [0.1, 0.15) is 5.75 Å². The molecule has 1 fully saturated rings. The first-order valence-electron chi connectivity index (χ1n) is 9.35. The lowest BCUT2D eigenvalue weighted by Gasteiger charge is -2.20. The van der Waals surface area contributed by atoms with Gasteiger partial charge in [-0.15, -0.1) is 0 Å². The molecular formula is C23H27NO3. The number of amides is 1. The van der Waals surface area contributed by atoms with Crippen molar-refractivity contribution in [3.63, 3.8) is 0 Å². The van der Waals surface area contributed by atoms with Crippen LogP contribution in [0.15, 0.2) is 42.5 Å². The van der Waals surface area contributed by atoms with Crippen LogP contribution in [0.25, 0.3) is 0 Å². The normalized spacial score (nSPS) is 17.3. The molecule has 1 heterocycles. The molecule has 142 valence electrons. The van der Waals surface area contributed by atoms with Crippen LogP contribution in [0.2, 0.25) is 0 Å². The molecule has 0 radical (unpaired) electrons. The third-order valence-corrected chi connectivity index (χ3v) is 5.04. The van der Waals surface area contributed by atoms with Crippen molar-refractivity contribution in [2.45, 2.75) is 46.5 Å². The molecule has 3 rings (SSSR count). The fourth-order valence-corrected chi connectivity index (χ4v) is 3.43. The molecule has 4 heteroatoms. The summed E-state index contributed by atoms with van der Waals surface area (Å²) in [4.78, 5) is 26.7. The Bertz CT molecular complexity index is 862. The van der Waals surface area contributed by atoms with Gasteiger partial charge in [0.25, 0.3) is 0 Å². The molecule has 1 atom stereocenters. The molecule has 0 aromatic heterocycles. The van der Waals surface area contributed by atoms with Gasteiger partial charge in [0.05, 0.1) is 5.92 Å². The average molecular weight is 365 g/mol. The Kier molecular flexibility index (Phi) is 5.09. The highest BCUT2D eigenvalue weighted by atomic mass is 16.5. The molecule has 0 aliphatic carbocycles. The van der Waals surface area contributed by atoms with E-state index in [9.17, 15) is 9.59 Å². The Hall–Kier alpha value is -2.62. The maximum Gasteiger partial charge on any atom is 0.316 e. The van der Waals surface area contributed by atoms with Crippen LogP contribution >= 0.6 is 0 Å². The van der Waals surface area contributed by atoms with Crippen LogP contribution in [-0.4, -0.2) is 18.4 Å². The van der Waals surface area contributed by atoms with E-state index in [2.05, 4.69) is 20.8 Å². The fraction of sp³-hybridized carbons (Fsp3) is 0.391.